The molecule has 0 radical (unpaired) electrons. The van der Waals surface area contributed by atoms with Gasteiger partial charge in [-0.2, -0.15) is 0 Å². The van der Waals surface area contributed by atoms with Crippen LogP contribution in [0.3, 0.4) is 0 Å². The topological polar surface area (TPSA) is 92.8 Å². The number of hydrogen-bond acceptors (Lipinski definition) is 6. The summed E-state index contributed by atoms with van der Waals surface area (Å²) in [6, 6.07) is 4.83. The van der Waals surface area contributed by atoms with Crippen molar-refractivity contribution in [3.05, 3.63) is 23.8 Å². The first-order valence-corrected chi connectivity index (χ1v) is 8.10. The van der Waals surface area contributed by atoms with E-state index in [2.05, 4.69) is 5.32 Å². The SMILES string of the molecule is O=C1CSc2ccc(C(=O)OCC(=O)N3CCCC3=O)cc2N1. The largest absolute Gasteiger partial charge is 0.452 e. The molecule has 1 fully saturated rings. The highest BCUT2D eigenvalue weighted by molar-refractivity contribution is 8.00. The van der Waals surface area contributed by atoms with Gasteiger partial charge in [0.05, 0.1) is 17.0 Å². The fourth-order valence-corrected chi connectivity index (χ4v) is 3.20. The molecular weight excluding hydrogens is 320 g/mol. The smallest absolute Gasteiger partial charge is 0.338 e. The van der Waals surface area contributed by atoms with Crippen molar-refractivity contribution in [2.24, 2.45) is 0 Å². The molecule has 0 saturated carbocycles. The third-order valence-electron chi connectivity index (χ3n) is 3.55. The minimum atomic E-state index is -0.669. The van der Waals surface area contributed by atoms with E-state index in [9.17, 15) is 19.2 Å². The fourth-order valence-electron chi connectivity index (χ4n) is 2.41. The van der Waals surface area contributed by atoms with Gasteiger partial charge in [0.1, 0.15) is 0 Å². The molecule has 0 bridgehead atoms. The first kappa shape index (κ1) is 15.5. The van der Waals surface area contributed by atoms with Crippen LogP contribution in [-0.2, 0) is 19.1 Å². The number of esters is 1. The van der Waals surface area contributed by atoms with E-state index in [-0.39, 0.29) is 17.4 Å². The Morgan fingerprint density at radius 3 is 2.87 bits per heavy atom. The number of rotatable bonds is 3. The molecule has 1 saturated heterocycles. The van der Waals surface area contributed by atoms with E-state index in [1.165, 1.54) is 17.8 Å². The molecule has 1 N–H and O–H groups in total. The van der Waals surface area contributed by atoms with Crippen molar-refractivity contribution in [3.8, 4) is 0 Å². The van der Waals surface area contributed by atoms with Crippen LogP contribution in [0, 0.1) is 0 Å². The number of carbonyl (C=O) groups is 4. The van der Waals surface area contributed by atoms with Gasteiger partial charge in [-0.25, -0.2) is 4.79 Å². The summed E-state index contributed by atoms with van der Waals surface area (Å²) in [4.78, 5) is 48.6. The van der Waals surface area contributed by atoms with Crippen LogP contribution in [0.25, 0.3) is 0 Å². The minimum Gasteiger partial charge on any atom is -0.452 e. The van der Waals surface area contributed by atoms with Crippen LogP contribution in [0.2, 0.25) is 0 Å². The molecule has 3 rings (SSSR count). The lowest BCUT2D eigenvalue weighted by Gasteiger charge is -2.17. The molecule has 1 aromatic rings. The number of likely N-dealkylation sites (tertiary alicyclic amines) is 1. The second-order valence-electron chi connectivity index (χ2n) is 5.17. The number of imide groups is 1. The molecule has 3 amide bonds. The highest BCUT2D eigenvalue weighted by Crippen LogP contribution is 2.32. The molecule has 23 heavy (non-hydrogen) atoms. The zero-order valence-corrected chi connectivity index (χ0v) is 13.0. The summed E-state index contributed by atoms with van der Waals surface area (Å²) >= 11 is 1.39. The van der Waals surface area contributed by atoms with Gasteiger partial charge in [0.15, 0.2) is 6.61 Å². The van der Waals surface area contributed by atoms with Crippen molar-refractivity contribution in [3.63, 3.8) is 0 Å². The molecule has 0 aliphatic carbocycles. The summed E-state index contributed by atoms with van der Waals surface area (Å²) in [6.07, 6.45) is 0.989. The van der Waals surface area contributed by atoms with Gasteiger partial charge in [-0.15, -0.1) is 11.8 Å². The van der Waals surface area contributed by atoms with Crippen LogP contribution in [-0.4, -0.2) is 47.5 Å². The van der Waals surface area contributed by atoms with Gasteiger partial charge in [-0.05, 0) is 24.6 Å². The summed E-state index contributed by atoms with van der Waals surface area (Å²) in [6.45, 7) is -0.0971. The Balaban J connectivity index is 1.62. The number of benzene rings is 1. The molecule has 0 atom stereocenters. The highest BCUT2D eigenvalue weighted by atomic mass is 32.2. The Kier molecular flexibility index (Phi) is 4.33. The van der Waals surface area contributed by atoms with Crippen LogP contribution < -0.4 is 5.32 Å². The molecule has 2 aliphatic rings. The molecule has 7 nitrogen and oxygen atoms in total. The predicted molar refractivity (Wildman–Crippen MR) is 82.0 cm³/mol. The number of amides is 3. The van der Waals surface area contributed by atoms with E-state index in [0.29, 0.717) is 30.8 Å². The molecule has 120 valence electrons. The van der Waals surface area contributed by atoms with Crippen LogP contribution in [0.15, 0.2) is 23.1 Å². The van der Waals surface area contributed by atoms with Gasteiger partial charge >= 0.3 is 5.97 Å². The second kappa shape index (κ2) is 6.41. The van der Waals surface area contributed by atoms with Crippen molar-refractivity contribution in [2.75, 3.05) is 24.2 Å². The van der Waals surface area contributed by atoms with Crippen molar-refractivity contribution in [1.82, 2.24) is 4.90 Å². The molecule has 8 heteroatoms. The van der Waals surface area contributed by atoms with E-state index >= 15 is 0 Å². The molecule has 0 aromatic heterocycles. The average molecular weight is 334 g/mol. The van der Waals surface area contributed by atoms with Gasteiger partial charge in [0.25, 0.3) is 5.91 Å². The summed E-state index contributed by atoms with van der Waals surface area (Å²) in [5, 5.41) is 2.68. The monoisotopic (exact) mass is 334 g/mol. The van der Waals surface area contributed by atoms with Crippen LogP contribution >= 0.6 is 11.8 Å². The predicted octanol–water partition coefficient (Wildman–Crippen LogP) is 1.04. The summed E-state index contributed by atoms with van der Waals surface area (Å²) < 4.78 is 4.97. The third kappa shape index (κ3) is 3.37. The number of anilines is 1. The average Bonchev–Trinajstić information content (AvgIpc) is 2.97. The molecule has 1 aromatic carbocycles. The maximum Gasteiger partial charge on any atom is 0.338 e. The zero-order chi connectivity index (χ0) is 16.4. The zero-order valence-electron chi connectivity index (χ0n) is 12.2. The number of fused-ring (bicyclic) bond motifs is 1. The summed E-state index contributed by atoms with van der Waals surface area (Å²) in [5.74, 6) is -1.20. The van der Waals surface area contributed by atoms with Crippen molar-refractivity contribution in [1.29, 1.82) is 0 Å². The highest BCUT2D eigenvalue weighted by Gasteiger charge is 2.27. The Bertz CT molecular complexity index is 703. The van der Waals surface area contributed by atoms with Crippen LogP contribution in [0.5, 0.6) is 0 Å². The minimum absolute atomic E-state index is 0.129. The normalized spacial score (nSPS) is 16.8. The number of carbonyl (C=O) groups excluding carboxylic acids is 4. The lowest BCUT2D eigenvalue weighted by atomic mass is 10.2. The van der Waals surface area contributed by atoms with Crippen molar-refractivity contribution in [2.45, 2.75) is 17.7 Å². The molecular formula is C15H14N2O5S. The van der Waals surface area contributed by atoms with Crippen LogP contribution in [0.4, 0.5) is 5.69 Å². The van der Waals surface area contributed by atoms with E-state index in [1.54, 1.807) is 12.1 Å². The van der Waals surface area contributed by atoms with Crippen LogP contribution in [0.1, 0.15) is 23.2 Å². The molecule has 0 spiro atoms. The quantitative estimate of drug-likeness (QED) is 0.830. The Morgan fingerprint density at radius 1 is 1.30 bits per heavy atom. The van der Waals surface area contributed by atoms with E-state index < -0.39 is 18.5 Å². The van der Waals surface area contributed by atoms with Gasteiger partial charge in [0, 0.05) is 17.9 Å². The van der Waals surface area contributed by atoms with E-state index in [0.717, 1.165) is 9.80 Å². The lowest BCUT2D eigenvalue weighted by molar-refractivity contribution is -0.143. The molecule has 2 heterocycles. The van der Waals surface area contributed by atoms with E-state index in [4.69, 9.17) is 4.74 Å². The molecule has 2 aliphatic heterocycles. The third-order valence-corrected chi connectivity index (χ3v) is 4.62. The number of nitrogens with one attached hydrogen (secondary N) is 1. The van der Waals surface area contributed by atoms with Crippen molar-refractivity contribution >= 4 is 41.1 Å². The van der Waals surface area contributed by atoms with E-state index in [1.807, 2.05) is 0 Å². The number of hydrogen-bond donors (Lipinski definition) is 1. The molecule has 0 unspecified atom stereocenters. The second-order valence-corrected chi connectivity index (χ2v) is 6.18. The first-order valence-electron chi connectivity index (χ1n) is 7.11. The maximum absolute atomic E-state index is 12.0. The standard InChI is InChI=1S/C15H14N2O5S/c18-12-8-23-11-4-3-9(6-10(11)16-12)15(21)22-7-14(20)17-5-1-2-13(17)19/h3-4,6H,1-2,5,7-8H2,(H,16,18). The fraction of sp³-hybridized carbons (Fsp3) is 0.333. The Labute approximate surface area is 136 Å². The van der Waals surface area contributed by atoms with Gasteiger partial charge in [0.2, 0.25) is 11.8 Å². The summed E-state index contributed by atoms with van der Waals surface area (Å²) in [7, 11) is 0. The Morgan fingerprint density at radius 2 is 2.13 bits per heavy atom. The first-order chi connectivity index (χ1) is 11.0. The maximum atomic E-state index is 12.0. The van der Waals surface area contributed by atoms with Crippen molar-refractivity contribution < 1.29 is 23.9 Å². The van der Waals surface area contributed by atoms with Gasteiger partial charge < -0.3 is 10.1 Å². The number of nitrogens with zero attached hydrogens (tertiary/aromatic N) is 1. The van der Waals surface area contributed by atoms with Gasteiger partial charge in [-0.3, -0.25) is 19.3 Å². The Hall–Kier alpha value is -2.35. The number of ether oxygens (including phenoxy) is 1. The number of thioether (sulfide) groups is 1. The van der Waals surface area contributed by atoms with Gasteiger partial charge in [-0.1, -0.05) is 0 Å². The lowest BCUT2D eigenvalue weighted by Crippen LogP contribution is -2.35. The summed E-state index contributed by atoms with van der Waals surface area (Å²) in [5.41, 5.74) is 0.800.